The lowest BCUT2D eigenvalue weighted by Gasteiger charge is -2.12. The lowest BCUT2D eigenvalue weighted by atomic mass is 10.2. The van der Waals surface area contributed by atoms with Crippen molar-refractivity contribution in [3.05, 3.63) is 80.7 Å². The molecule has 0 fully saturated rings. The van der Waals surface area contributed by atoms with Crippen LogP contribution in [0.25, 0.3) is 0 Å². The fourth-order valence-corrected chi connectivity index (χ4v) is 5.36. The molecule has 0 aliphatic heterocycles. The topological polar surface area (TPSA) is 103 Å². The molecule has 0 unspecified atom stereocenters. The molecular weight excluding hydrogens is 604 g/mol. The molecule has 1 N–H and O–H groups in total. The van der Waals surface area contributed by atoms with Gasteiger partial charge in [0.05, 0.1) is 23.9 Å². The largest absolute Gasteiger partial charge is 0.490 e. The molecule has 184 valence electrons. The summed E-state index contributed by atoms with van der Waals surface area (Å²) in [6, 6.07) is 15.8. The van der Waals surface area contributed by atoms with E-state index in [4.69, 9.17) is 13.7 Å². The molecule has 3 rings (SSSR count). The predicted octanol–water partition coefficient (Wildman–Crippen LogP) is 5.54. The first-order valence-corrected chi connectivity index (χ1v) is 13.5. The minimum atomic E-state index is -4.09. The van der Waals surface area contributed by atoms with Crippen LogP contribution >= 0.6 is 31.9 Å². The number of carbonyl (C=O) groups excluding carboxylic acids is 1. The average Bonchev–Trinajstić information content (AvgIpc) is 2.83. The van der Waals surface area contributed by atoms with Crippen LogP contribution in [0.3, 0.4) is 0 Å². The molecule has 0 aromatic heterocycles. The number of amides is 1. The van der Waals surface area contributed by atoms with Crippen molar-refractivity contribution >= 4 is 54.1 Å². The van der Waals surface area contributed by atoms with Crippen LogP contribution in [0.5, 0.6) is 17.2 Å². The smallest absolute Gasteiger partial charge is 0.339 e. The molecule has 0 heterocycles. The van der Waals surface area contributed by atoms with Crippen LogP contribution in [0.15, 0.2) is 79.6 Å². The third kappa shape index (κ3) is 7.06. The number of rotatable bonds is 10. The number of nitrogens with one attached hydrogen (secondary N) is 1. The van der Waals surface area contributed by atoms with Crippen molar-refractivity contribution in [2.75, 3.05) is 13.2 Å². The molecule has 0 spiro atoms. The van der Waals surface area contributed by atoms with Crippen molar-refractivity contribution in [3.8, 4) is 17.2 Å². The second kappa shape index (κ2) is 12.2. The highest BCUT2D eigenvalue weighted by atomic mass is 79.9. The summed E-state index contributed by atoms with van der Waals surface area (Å²) in [5, 5.41) is 3.98. The van der Waals surface area contributed by atoms with Crippen molar-refractivity contribution in [1.29, 1.82) is 0 Å². The minimum absolute atomic E-state index is 0.00612. The molecule has 1 amide bonds. The van der Waals surface area contributed by atoms with E-state index in [1.165, 1.54) is 18.3 Å². The molecule has 0 atom stereocenters. The summed E-state index contributed by atoms with van der Waals surface area (Å²) in [5.74, 6) is 0.520. The van der Waals surface area contributed by atoms with Gasteiger partial charge in [-0.1, -0.05) is 34.1 Å². The first-order valence-electron chi connectivity index (χ1n) is 10.5. The standard InChI is InChI=1S/C24H22Br2N2O6S/c1-3-32-21-11-10-16(13-22(21)33-4-2)24(29)28-27-15-17-12-18(25)14-20(26)23(17)34-35(30,31)19-8-6-5-7-9-19/h5-15H,3-4H2,1-2H3,(H,28,29)/b27-15+. The molecule has 0 aliphatic rings. The van der Waals surface area contributed by atoms with E-state index in [1.807, 2.05) is 13.8 Å². The molecule has 11 heteroatoms. The van der Waals surface area contributed by atoms with Gasteiger partial charge in [0.15, 0.2) is 17.2 Å². The van der Waals surface area contributed by atoms with E-state index in [0.29, 0.717) is 44.8 Å². The van der Waals surface area contributed by atoms with Crippen LogP contribution in [0.1, 0.15) is 29.8 Å². The van der Waals surface area contributed by atoms with Crippen molar-refractivity contribution in [3.63, 3.8) is 0 Å². The Morgan fingerprint density at radius 2 is 1.66 bits per heavy atom. The summed E-state index contributed by atoms with van der Waals surface area (Å²) < 4.78 is 42.9. The van der Waals surface area contributed by atoms with Gasteiger partial charge in [0.1, 0.15) is 4.90 Å². The quantitative estimate of drug-likeness (QED) is 0.180. The van der Waals surface area contributed by atoms with E-state index < -0.39 is 16.0 Å². The van der Waals surface area contributed by atoms with Crippen molar-refractivity contribution in [2.45, 2.75) is 18.7 Å². The zero-order valence-electron chi connectivity index (χ0n) is 18.8. The summed E-state index contributed by atoms with van der Waals surface area (Å²) >= 11 is 6.69. The first kappa shape index (κ1) is 26.7. The van der Waals surface area contributed by atoms with Gasteiger partial charge in [-0.15, -0.1) is 0 Å². The third-order valence-electron chi connectivity index (χ3n) is 4.44. The lowest BCUT2D eigenvalue weighted by Crippen LogP contribution is -2.18. The van der Waals surface area contributed by atoms with Gasteiger partial charge in [-0.05, 0) is 72.2 Å². The Kier molecular flexibility index (Phi) is 9.30. The van der Waals surface area contributed by atoms with Gasteiger partial charge in [-0.2, -0.15) is 13.5 Å². The zero-order valence-corrected chi connectivity index (χ0v) is 22.8. The summed E-state index contributed by atoms with van der Waals surface area (Å²) in [7, 11) is -4.09. The first-order chi connectivity index (χ1) is 16.7. The Balaban J connectivity index is 1.83. The maximum Gasteiger partial charge on any atom is 0.339 e. The minimum Gasteiger partial charge on any atom is -0.490 e. The summed E-state index contributed by atoms with van der Waals surface area (Å²) in [6.07, 6.45) is 1.29. The van der Waals surface area contributed by atoms with Gasteiger partial charge in [0.25, 0.3) is 5.91 Å². The molecule has 3 aromatic rings. The fraction of sp³-hybridized carbons (Fsp3) is 0.167. The Morgan fingerprint density at radius 3 is 2.34 bits per heavy atom. The van der Waals surface area contributed by atoms with Crippen LogP contribution in [0.4, 0.5) is 0 Å². The summed E-state index contributed by atoms with van der Waals surface area (Å²) in [5.41, 5.74) is 3.05. The van der Waals surface area contributed by atoms with E-state index in [9.17, 15) is 13.2 Å². The fourth-order valence-electron chi connectivity index (χ4n) is 2.93. The molecule has 35 heavy (non-hydrogen) atoms. The molecule has 0 aliphatic carbocycles. The van der Waals surface area contributed by atoms with Gasteiger partial charge >= 0.3 is 10.1 Å². The SMILES string of the molecule is CCOc1ccc(C(=O)N/N=C/c2cc(Br)cc(Br)c2OS(=O)(=O)c2ccccc2)cc1OCC. The second-order valence-corrected chi connectivity index (χ2v) is 10.2. The summed E-state index contributed by atoms with van der Waals surface area (Å²) in [4.78, 5) is 12.6. The van der Waals surface area contributed by atoms with Crippen molar-refractivity contribution < 1.29 is 26.9 Å². The van der Waals surface area contributed by atoms with Crippen LogP contribution in [0.2, 0.25) is 0 Å². The highest BCUT2D eigenvalue weighted by Crippen LogP contribution is 2.34. The Hall–Kier alpha value is -2.89. The molecule has 0 bridgehead atoms. The number of hydrazone groups is 1. The molecule has 0 saturated carbocycles. The third-order valence-corrected chi connectivity index (χ3v) is 6.72. The number of benzene rings is 3. The van der Waals surface area contributed by atoms with E-state index in [2.05, 4.69) is 42.4 Å². The van der Waals surface area contributed by atoms with Gasteiger partial charge in [0.2, 0.25) is 0 Å². The van der Waals surface area contributed by atoms with Gasteiger partial charge in [0, 0.05) is 15.6 Å². The molecule has 8 nitrogen and oxygen atoms in total. The number of halogens is 2. The van der Waals surface area contributed by atoms with Gasteiger partial charge < -0.3 is 13.7 Å². The van der Waals surface area contributed by atoms with Crippen LogP contribution < -0.4 is 19.1 Å². The van der Waals surface area contributed by atoms with Crippen LogP contribution in [-0.4, -0.2) is 33.8 Å². The van der Waals surface area contributed by atoms with E-state index in [0.717, 1.165) is 0 Å². The highest BCUT2D eigenvalue weighted by Gasteiger charge is 2.20. The maximum absolute atomic E-state index is 12.7. The number of hydrogen-bond acceptors (Lipinski definition) is 7. The van der Waals surface area contributed by atoms with Crippen molar-refractivity contribution in [2.24, 2.45) is 5.10 Å². The maximum atomic E-state index is 12.7. The van der Waals surface area contributed by atoms with E-state index >= 15 is 0 Å². The van der Waals surface area contributed by atoms with Crippen molar-refractivity contribution in [1.82, 2.24) is 5.43 Å². The average molecular weight is 626 g/mol. The normalized spacial score (nSPS) is 11.3. The van der Waals surface area contributed by atoms with E-state index in [-0.39, 0.29) is 10.6 Å². The Labute approximate surface area is 220 Å². The van der Waals surface area contributed by atoms with E-state index in [1.54, 1.807) is 48.5 Å². The Bertz CT molecular complexity index is 1330. The number of hydrogen-bond donors (Lipinski definition) is 1. The Morgan fingerprint density at radius 1 is 0.971 bits per heavy atom. The van der Waals surface area contributed by atoms with Gasteiger partial charge in [-0.25, -0.2) is 5.43 Å². The second-order valence-electron chi connectivity index (χ2n) is 6.88. The highest BCUT2D eigenvalue weighted by molar-refractivity contribution is 9.11. The molecule has 0 radical (unpaired) electrons. The number of carbonyl (C=O) groups is 1. The lowest BCUT2D eigenvalue weighted by molar-refractivity contribution is 0.0954. The molecular formula is C24H22Br2N2O6S. The predicted molar refractivity (Wildman–Crippen MR) is 140 cm³/mol. The molecule has 3 aromatic carbocycles. The van der Waals surface area contributed by atoms with Gasteiger partial charge in [-0.3, -0.25) is 4.79 Å². The summed E-state index contributed by atoms with van der Waals surface area (Å²) in [6.45, 7) is 4.56. The monoisotopic (exact) mass is 624 g/mol. The van der Waals surface area contributed by atoms with Crippen LogP contribution in [-0.2, 0) is 10.1 Å². The zero-order chi connectivity index (χ0) is 25.4. The number of ether oxygens (including phenoxy) is 2. The molecule has 0 saturated heterocycles. The number of nitrogens with zero attached hydrogens (tertiary/aromatic N) is 1. The van der Waals surface area contributed by atoms with Crippen LogP contribution in [0, 0.1) is 0 Å².